The first kappa shape index (κ1) is 14.4. The minimum atomic E-state index is -1.10. The highest BCUT2D eigenvalue weighted by molar-refractivity contribution is 5.84. The summed E-state index contributed by atoms with van der Waals surface area (Å²) in [6, 6.07) is 2.50. The van der Waals surface area contributed by atoms with E-state index >= 15 is 0 Å². The Balaban J connectivity index is 2.44. The quantitative estimate of drug-likeness (QED) is 0.720. The largest absolute Gasteiger partial charge is 0.476 e. The van der Waals surface area contributed by atoms with Crippen molar-refractivity contribution in [2.45, 2.75) is 52.0 Å². The predicted octanol–water partition coefficient (Wildman–Crippen LogP) is 2.30. The van der Waals surface area contributed by atoms with Gasteiger partial charge in [-0.15, -0.1) is 0 Å². The fraction of sp³-hybridized carbons (Fsp3) is 0.615. The summed E-state index contributed by atoms with van der Waals surface area (Å²) in [6.07, 6.45) is 6.73. The third-order valence-electron chi connectivity index (χ3n) is 2.81. The molecule has 18 heavy (non-hydrogen) atoms. The molecule has 0 fully saturated rings. The minimum Gasteiger partial charge on any atom is -0.476 e. The van der Waals surface area contributed by atoms with Gasteiger partial charge in [0.1, 0.15) is 0 Å². The average Bonchev–Trinajstić information content (AvgIpc) is 2.35. The summed E-state index contributed by atoms with van der Waals surface area (Å²) in [7, 11) is 0. The monoisotopic (exact) mass is 252 g/mol. The lowest BCUT2D eigenvalue weighted by atomic mass is 10.1. The predicted molar refractivity (Wildman–Crippen MR) is 68.8 cm³/mol. The Kier molecular flexibility index (Phi) is 6.11. The highest BCUT2D eigenvalue weighted by Gasteiger charge is 2.06. The summed E-state index contributed by atoms with van der Waals surface area (Å²) in [4.78, 5) is 22.2. The Labute approximate surface area is 106 Å². The van der Waals surface area contributed by atoms with Crippen molar-refractivity contribution < 1.29 is 9.90 Å². The molecule has 100 valence electrons. The molecule has 0 unspecified atom stereocenters. The van der Waals surface area contributed by atoms with Crippen LogP contribution < -0.4 is 5.56 Å². The molecule has 1 heterocycles. The van der Waals surface area contributed by atoms with Gasteiger partial charge in [-0.2, -0.15) is 5.10 Å². The number of rotatable bonds is 8. The maximum absolute atomic E-state index is 11.5. The van der Waals surface area contributed by atoms with E-state index in [9.17, 15) is 9.59 Å². The molecule has 1 N–H and O–H groups in total. The number of carbonyl (C=O) groups is 1. The van der Waals surface area contributed by atoms with Crippen molar-refractivity contribution in [1.82, 2.24) is 9.78 Å². The molecule has 0 aliphatic carbocycles. The minimum absolute atomic E-state index is 0.0828. The number of hydrogen-bond acceptors (Lipinski definition) is 3. The molecule has 0 amide bonds. The molecule has 5 heteroatoms. The number of aromatic carboxylic acids is 1. The van der Waals surface area contributed by atoms with E-state index in [0.717, 1.165) is 19.3 Å². The van der Waals surface area contributed by atoms with Gasteiger partial charge in [-0.1, -0.05) is 39.0 Å². The second kappa shape index (κ2) is 7.63. The van der Waals surface area contributed by atoms with Crippen LogP contribution in [0.15, 0.2) is 16.9 Å². The van der Waals surface area contributed by atoms with Crippen molar-refractivity contribution in [3.63, 3.8) is 0 Å². The van der Waals surface area contributed by atoms with Crippen LogP contribution in [0.3, 0.4) is 0 Å². The molecule has 1 aromatic heterocycles. The number of aryl methyl sites for hydroxylation is 1. The average molecular weight is 252 g/mol. The molecule has 0 aliphatic heterocycles. The Morgan fingerprint density at radius 2 is 1.89 bits per heavy atom. The Hall–Kier alpha value is -1.65. The Morgan fingerprint density at radius 3 is 2.56 bits per heavy atom. The number of aromatic nitrogens is 2. The van der Waals surface area contributed by atoms with Crippen molar-refractivity contribution in [3.8, 4) is 0 Å². The van der Waals surface area contributed by atoms with E-state index in [1.807, 2.05) is 0 Å². The molecule has 5 nitrogen and oxygen atoms in total. The van der Waals surface area contributed by atoms with Crippen LogP contribution in [0.5, 0.6) is 0 Å². The lowest BCUT2D eigenvalue weighted by Gasteiger charge is -2.05. The molecular formula is C13H20N2O3. The molecule has 0 spiro atoms. The fourth-order valence-electron chi connectivity index (χ4n) is 1.77. The van der Waals surface area contributed by atoms with Gasteiger partial charge in [0.05, 0.1) is 0 Å². The maximum atomic E-state index is 11.5. The molecule has 0 radical (unpaired) electrons. The molecule has 0 aromatic carbocycles. The lowest BCUT2D eigenvalue weighted by molar-refractivity contribution is 0.0687. The maximum Gasteiger partial charge on any atom is 0.356 e. The molecule has 1 aromatic rings. The van der Waals surface area contributed by atoms with Crippen molar-refractivity contribution in [1.29, 1.82) is 0 Å². The number of hydrogen-bond donors (Lipinski definition) is 1. The standard InChI is InChI=1S/C13H20N2O3/c1-2-3-4-5-6-7-10-15-12(16)9-8-11(14-15)13(17)18/h8-9H,2-7,10H2,1H3,(H,17,18). The first-order chi connectivity index (χ1) is 8.65. The normalized spacial score (nSPS) is 10.5. The molecule has 0 saturated carbocycles. The molecule has 0 aliphatic rings. The van der Waals surface area contributed by atoms with Crippen molar-refractivity contribution in [2.75, 3.05) is 0 Å². The van der Waals surface area contributed by atoms with Gasteiger partial charge in [0.25, 0.3) is 5.56 Å². The zero-order valence-electron chi connectivity index (χ0n) is 10.8. The van der Waals surface area contributed by atoms with Gasteiger partial charge < -0.3 is 5.11 Å². The first-order valence-corrected chi connectivity index (χ1v) is 6.46. The summed E-state index contributed by atoms with van der Waals surface area (Å²) in [5, 5.41) is 12.6. The highest BCUT2D eigenvalue weighted by atomic mass is 16.4. The topological polar surface area (TPSA) is 72.2 Å². The summed E-state index contributed by atoms with van der Waals surface area (Å²) < 4.78 is 1.24. The van der Waals surface area contributed by atoms with Crippen LogP contribution in [-0.2, 0) is 6.54 Å². The first-order valence-electron chi connectivity index (χ1n) is 6.46. The number of carboxylic acid groups (broad SMARTS) is 1. The van der Waals surface area contributed by atoms with Crippen LogP contribution in [0, 0.1) is 0 Å². The van der Waals surface area contributed by atoms with Crippen molar-refractivity contribution >= 4 is 5.97 Å². The van der Waals surface area contributed by atoms with E-state index in [0.29, 0.717) is 6.54 Å². The second-order valence-electron chi connectivity index (χ2n) is 4.35. The highest BCUT2D eigenvalue weighted by Crippen LogP contribution is 2.05. The smallest absolute Gasteiger partial charge is 0.356 e. The molecule has 1 rings (SSSR count). The SMILES string of the molecule is CCCCCCCCn1nc(C(=O)O)ccc1=O. The van der Waals surface area contributed by atoms with Gasteiger partial charge in [0, 0.05) is 12.6 Å². The van der Waals surface area contributed by atoms with E-state index in [2.05, 4.69) is 12.0 Å². The van der Waals surface area contributed by atoms with Crippen LogP contribution >= 0.6 is 0 Å². The van der Waals surface area contributed by atoms with Gasteiger partial charge in [-0.05, 0) is 12.5 Å². The number of carboxylic acids is 1. The van der Waals surface area contributed by atoms with Crippen LogP contribution in [0.2, 0.25) is 0 Å². The molecule has 0 saturated heterocycles. The summed E-state index contributed by atoms with van der Waals surface area (Å²) in [5.41, 5.74) is -0.325. The third-order valence-corrected chi connectivity index (χ3v) is 2.81. The van der Waals surface area contributed by atoms with Gasteiger partial charge in [-0.3, -0.25) is 4.79 Å². The molecule has 0 bridgehead atoms. The van der Waals surface area contributed by atoms with E-state index in [4.69, 9.17) is 5.11 Å². The summed E-state index contributed by atoms with van der Waals surface area (Å²) in [6.45, 7) is 2.66. The number of nitrogens with zero attached hydrogens (tertiary/aromatic N) is 2. The van der Waals surface area contributed by atoms with E-state index in [1.54, 1.807) is 0 Å². The van der Waals surface area contributed by atoms with Crippen LogP contribution in [0.1, 0.15) is 55.9 Å². The van der Waals surface area contributed by atoms with Crippen LogP contribution in [-0.4, -0.2) is 20.9 Å². The zero-order chi connectivity index (χ0) is 13.4. The zero-order valence-corrected chi connectivity index (χ0v) is 10.8. The second-order valence-corrected chi connectivity index (χ2v) is 4.35. The fourth-order valence-corrected chi connectivity index (χ4v) is 1.77. The Morgan fingerprint density at radius 1 is 1.22 bits per heavy atom. The summed E-state index contributed by atoms with van der Waals surface area (Å²) in [5.74, 6) is -1.10. The third kappa shape index (κ3) is 4.69. The Bertz CT molecular complexity index is 440. The van der Waals surface area contributed by atoms with Gasteiger partial charge in [0.2, 0.25) is 0 Å². The lowest BCUT2D eigenvalue weighted by Crippen LogP contribution is -2.24. The van der Waals surface area contributed by atoms with Crippen molar-refractivity contribution in [3.05, 3.63) is 28.2 Å². The van der Waals surface area contributed by atoms with E-state index in [-0.39, 0.29) is 11.3 Å². The van der Waals surface area contributed by atoms with E-state index in [1.165, 1.54) is 36.1 Å². The van der Waals surface area contributed by atoms with Gasteiger partial charge in [-0.25, -0.2) is 9.48 Å². The molecule has 0 atom stereocenters. The van der Waals surface area contributed by atoms with Crippen LogP contribution in [0.25, 0.3) is 0 Å². The van der Waals surface area contributed by atoms with Gasteiger partial charge >= 0.3 is 5.97 Å². The van der Waals surface area contributed by atoms with Gasteiger partial charge in [0.15, 0.2) is 5.69 Å². The molecular weight excluding hydrogens is 232 g/mol. The summed E-state index contributed by atoms with van der Waals surface area (Å²) >= 11 is 0. The number of unbranched alkanes of at least 4 members (excludes halogenated alkanes) is 5. The van der Waals surface area contributed by atoms with E-state index < -0.39 is 5.97 Å². The van der Waals surface area contributed by atoms with Crippen molar-refractivity contribution in [2.24, 2.45) is 0 Å². The van der Waals surface area contributed by atoms with Crippen LogP contribution in [0.4, 0.5) is 0 Å².